The summed E-state index contributed by atoms with van der Waals surface area (Å²) in [5.74, 6) is 0.723. The highest BCUT2D eigenvalue weighted by molar-refractivity contribution is 6.07. The van der Waals surface area contributed by atoms with Crippen molar-refractivity contribution in [3.63, 3.8) is 0 Å². The maximum atomic E-state index is 9.87. The molecule has 7 heteroatoms. The molecule has 0 aliphatic heterocycles. The Labute approximate surface area is 144 Å². The van der Waals surface area contributed by atoms with E-state index in [4.69, 9.17) is 5.11 Å². The molecule has 4 aromatic rings. The van der Waals surface area contributed by atoms with E-state index in [0.717, 1.165) is 39.1 Å². The topological polar surface area (TPSA) is 99.0 Å². The number of aliphatic hydroxyl groups is 2. The highest BCUT2D eigenvalue weighted by Crippen LogP contribution is 2.32. The zero-order chi connectivity index (χ0) is 17.6. The molecule has 3 heterocycles. The molecule has 3 aromatic heterocycles. The van der Waals surface area contributed by atoms with Crippen molar-refractivity contribution in [2.75, 3.05) is 19.0 Å². The fraction of sp³-hybridized carbons (Fsp3) is 0.222. The highest BCUT2D eigenvalue weighted by Gasteiger charge is 2.15. The molecule has 1 aromatic carbocycles. The average Bonchev–Trinajstić information content (AvgIpc) is 3.24. The Morgan fingerprint density at radius 3 is 2.92 bits per heavy atom. The van der Waals surface area contributed by atoms with Crippen LogP contribution in [0.5, 0.6) is 0 Å². The Balaban J connectivity index is 1.93. The van der Waals surface area contributed by atoms with Crippen LogP contribution in [0, 0.1) is 0 Å². The van der Waals surface area contributed by atoms with Crippen molar-refractivity contribution >= 4 is 27.9 Å². The third kappa shape index (κ3) is 2.45. The third-order valence-electron chi connectivity index (χ3n) is 4.43. The standard InChI is InChI=1S/C18H19N5O2/c1-19-18-15-16(23(2)9-20-15)12-7-13(21-17(12)22-18)10-4-3-5-11(6-10)14(25)8-24/h3-7,9,14,24-25H,8H2,1-2H3,(H2,19,21,22). The maximum Gasteiger partial charge on any atom is 0.156 e. The van der Waals surface area contributed by atoms with Crippen molar-refractivity contribution < 1.29 is 10.2 Å². The van der Waals surface area contributed by atoms with Gasteiger partial charge in [-0.1, -0.05) is 18.2 Å². The Morgan fingerprint density at radius 1 is 1.32 bits per heavy atom. The van der Waals surface area contributed by atoms with Crippen molar-refractivity contribution in [1.82, 2.24) is 19.5 Å². The quantitative estimate of drug-likeness (QED) is 0.457. The monoisotopic (exact) mass is 337 g/mol. The van der Waals surface area contributed by atoms with Crippen LogP contribution < -0.4 is 5.32 Å². The average molecular weight is 337 g/mol. The van der Waals surface area contributed by atoms with Gasteiger partial charge in [-0.05, 0) is 23.3 Å². The summed E-state index contributed by atoms with van der Waals surface area (Å²) in [6, 6.07) is 9.52. The fourth-order valence-electron chi connectivity index (χ4n) is 3.15. The lowest BCUT2D eigenvalue weighted by Crippen LogP contribution is -2.02. The van der Waals surface area contributed by atoms with Crippen molar-refractivity contribution in [1.29, 1.82) is 0 Å². The SMILES string of the molecule is CNc1nc2[nH]c(-c3cccc(C(O)CO)c3)cc2c2c1ncn2C. The first kappa shape index (κ1) is 15.6. The summed E-state index contributed by atoms with van der Waals surface area (Å²) >= 11 is 0. The predicted octanol–water partition coefficient (Wildman–Crippen LogP) is 2.18. The smallest absolute Gasteiger partial charge is 0.156 e. The first-order valence-corrected chi connectivity index (χ1v) is 8.03. The van der Waals surface area contributed by atoms with E-state index in [9.17, 15) is 5.11 Å². The predicted molar refractivity (Wildman–Crippen MR) is 97.4 cm³/mol. The highest BCUT2D eigenvalue weighted by atomic mass is 16.3. The first-order chi connectivity index (χ1) is 12.1. The molecule has 0 bridgehead atoms. The zero-order valence-corrected chi connectivity index (χ0v) is 14.0. The van der Waals surface area contributed by atoms with Gasteiger partial charge in [-0.3, -0.25) is 0 Å². The van der Waals surface area contributed by atoms with Crippen molar-refractivity contribution in [3.8, 4) is 11.3 Å². The number of hydrogen-bond donors (Lipinski definition) is 4. The normalized spacial score (nSPS) is 12.8. The number of nitrogens with zero attached hydrogens (tertiary/aromatic N) is 3. The van der Waals surface area contributed by atoms with Gasteiger partial charge in [0.1, 0.15) is 17.3 Å². The molecule has 0 amide bonds. The Hall–Kier alpha value is -2.90. The fourth-order valence-corrected chi connectivity index (χ4v) is 3.15. The minimum Gasteiger partial charge on any atom is -0.393 e. The van der Waals surface area contributed by atoms with Gasteiger partial charge in [0.2, 0.25) is 0 Å². The summed E-state index contributed by atoms with van der Waals surface area (Å²) < 4.78 is 1.98. The number of hydrogen-bond acceptors (Lipinski definition) is 5. The van der Waals surface area contributed by atoms with Gasteiger partial charge in [0, 0.05) is 25.2 Å². The number of rotatable bonds is 4. The van der Waals surface area contributed by atoms with Crippen LogP contribution in [0.2, 0.25) is 0 Å². The minimum atomic E-state index is -0.887. The van der Waals surface area contributed by atoms with Crippen LogP contribution in [0.25, 0.3) is 33.3 Å². The van der Waals surface area contributed by atoms with Crippen molar-refractivity contribution in [3.05, 3.63) is 42.2 Å². The van der Waals surface area contributed by atoms with E-state index in [1.165, 1.54) is 0 Å². The molecule has 0 fully saturated rings. The van der Waals surface area contributed by atoms with Gasteiger partial charge in [-0.2, -0.15) is 0 Å². The number of nitrogens with one attached hydrogen (secondary N) is 2. The maximum absolute atomic E-state index is 9.87. The lowest BCUT2D eigenvalue weighted by molar-refractivity contribution is 0.0956. The zero-order valence-electron chi connectivity index (χ0n) is 14.0. The lowest BCUT2D eigenvalue weighted by atomic mass is 10.0. The Morgan fingerprint density at radius 2 is 2.16 bits per heavy atom. The van der Waals surface area contributed by atoms with E-state index < -0.39 is 6.10 Å². The molecule has 25 heavy (non-hydrogen) atoms. The molecular weight excluding hydrogens is 318 g/mol. The molecule has 0 aliphatic carbocycles. The van der Waals surface area contributed by atoms with Crippen LogP contribution in [-0.4, -0.2) is 43.4 Å². The van der Waals surface area contributed by atoms with Crippen LogP contribution in [0.1, 0.15) is 11.7 Å². The molecule has 1 atom stereocenters. The second kappa shape index (κ2) is 5.87. The van der Waals surface area contributed by atoms with E-state index in [0.29, 0.717) is 5.56 Å². The van der Waals surface area contributed by atoms with E-state index in [2.05, 4.69) is 20.3 Å². The number of aromatic amines is 1. The largest absolute Gasteiger partial charge is 0.393 e. The summed E-state index contributed by atoms with van der Waals surface area (Å²) in [7, 11) is 3.78. The Bertz CT molecular complexity index is 1070. The van der Waals surface area contributed by atoms with E-state index in [1.807, 2.05) is 42.9 Å². The van der Waals surface area contributed by atoms with E-state index >= 15 is 0 Å². The molecular formula is C18H19N5O2. The summed E-state index contributed by atoms with van der Waals surface area (Å²) in [4.78, 5) is 12.4. The van der Waals surface area contributed by atoms with Gasteiger partial charge in [0.15, 0.2) is 5.82 Å². The number of aromatic nitrogens is 4. The van der Waals surface area contributed by atoms with Gasteiger partial charge in [-0.25, -0.2) is 9.97 Å². The number of aliphatic hydroxyl groups excluding tert-OH is 2. The summed E-state index contributed by atoms with van der Waals surface area (Å²) in [5.41, 5.74) is 5.09. The van der Waals surface area contributed by atoms with Crippen LogP contribution in [-0.2, 0) is 7.05 Å². The molecule has 0 saturated heterocycles. The van der Waals surface area contributed by atoms with Gasteiger partial charge >= 0.3 is 0 Å². The van der Waals surface area contributed by atoms with Crippen LogP contribution in [0.15, 0.2) is 36.7 Å². The summed E-state index contributed by atoms with van der Waals surface area (Å²) in [6.07, 6.45) is 0.888. The number of anilines is 1. The van der Waals surface area contributed by atoms with Crippen LogP contribution in [0.4, 0.5) is 5.82 Å². The van der Waals surface area contributed by atoms with Gasteiger partial charge in [0.25, 0.3) is 0 Å². The van der Waals surface area contributed by atoms with Crippen LogP contribution in [0.3, 0.4) is 0 Å². The van der Waals surface area contributed by atoms with Crippen molar-refractivity contribution in [2.24, 2.45) is 7.05 Å². The minimum absolute atomic E-state index is 0.307. The molecule has 0 radical (unpaired) electrons. The molecule has 4 N–H and O–H groups in total. The second-order valence-electron chi connectivity index (χ2n) is 6.03. The molecule has 7 nitrogen and oxygen atoms in total. The van der Waals surface area contributed by atoms with E-state index in [-0.39, 0.29) is 6.61 Å². The summed E-state index contributed by atoms with van der Waals surface area (Å²) in [6.45, 7) is -0.307. The first-order valence-electron chi connectivity index (χ1n) is 8.03. The van der Waals surface area contributed by atoms with Crippen molar-refractivity contribution in [2.45, 2.75) is 6.10 Å². The van der Waals surface area contributed by atoms with Gasteiger partial charge in [-0.15, -0.1) is 0 Å². The molecule has 1 unspecified atom stereocenters. The third-order valence-corrected chi connectivity index (χ3v) is 4.43. The van der Waals surface area contributed by atoms with E-state index in [1.54, 1.807) is 12.4 Å². The molecule has 128 valence electrons. The second-order valence-corrected chi connectivity index (χ2v) is 6.03. The number of H-pyrrole nitrogens is 1. The summed E-state index contributed by atoms with van der Waals surface area (Å²) in [5, 5.41) is 23.1. The van der Waals surface area contributed by atoms with Crippen LogP contribution >= 0.6 is 0 Å². The van der Waals surface area contributed by atoms with Gasteiger partial charge in [0.05, 0.1) is 18.5 Å². The lowest BCUT2D eigenvalue weighted by Gasteiger charge is -2.08. The Kier molecular flexibility index (Phi) is 3.67. The number of aryl methyl sites for hydroxylation is 1. The number of pyridine rings is 1. The number of fused-ring (bicyclic) bond motifs is 3. The molecule has 0 aliphatic rings. The van der Waals surface area contributed by atoms with Gasteiger partial charge < -0.3 is 25.1 Å². The number of benzene rings is 1. The molecule has 4 rings (SSSR count). The number of imidazole rings is 1. The molecule has 0 saturated carbocycles. The molecule has 0 spiro atoms.